The fourth-order valence-electron chi connectivity index (χ4n) is 3.07. The predicted molar refractivity (Wildman–Crippen MR) is 91.1 cm³/mol. The van der Waals surface area contributed by atoms with E-state index in [1.165, 1.54) is 6.07 Å². The van der Waals surface area contributed by atoms with Crippen molar-refractivity contribution in [1.82, 2.24) is 15.3 Å². The normalized spacial score (nSPS) is 18.0. The fourth-order valence-corrected chi connectivity index (χ4v) is 3.07. The molecule has 2 N–H and O–H groups in total. The first-order chi connectivity index (χ1) is 11.2. The molecule has 0 saturated carbocycles. The summed E-state index contributed by atoms with van der Waals surface area (Å²) in [4.78, 5) is 9.16. The summed E-state index contributed by atoms with van der Waals surface area (Å²) < 4.78 is 14.1. The SMILES string of the molecule is CCc1c(C)nc(-c2ccccc2F)nc1NC1CCCNC1. The van der Waals surface area contributed by atoms with Gasteiger partial charge in [0.1, 0.15) is 11.6 Å². The van der Waals surface area contributed by atoms with Crippen LogP contribution in [0, 0.1) is 12.7 Å². The molecule has 1 aliphatic heterocycles. The maximum Gasteiger partial charge on any atom is 0.164 e. The number of hydrogen-bond acceptors (Lipinski definition) is 4. The Bertz CT molecular complexity index is 681. The lowest BCUT2D eigenvalue weighted by molar-refractivity contribution is 0.478. The highest BCUT2D eigenvalue weighted by Gasteiger charge is 2.18. The van der Waals surface area contributed by atoms with Crippen molar-refractivity contribution in [3.63, 3.8) is 0 Å². The third-order valence-corrected chi connectivity index (χ3v) is 4.32. The molecule has 1 aromatic carbocycles. The molecule has 0 radical (unpaired) electrons. The van der Waals surface area contributed by atoms with Crippen molar-refractivity contribution in [1.29, 1.82) is 0 Å². The standard InChI is InChI=1S/C18H23FN4/c1-3-14-12(2)21-18(15-8-4-5-9-16(15)19)23-17(14)22-13-7-6-10-20-11-13/h4-5,8-9,13,20H,3,6-7,10-11H2,1-2H3,(H,21,22,23). The molecular weight excluding hydrogens is 291 g/mol. The van der Waals surface area contributed by atoms with E-state index in [2.05, 4.69) is 27.5 Å². The molecule has 1 aromatic heterocycles. The van der Waals surface area contributed by atoms with Crippen molar-refractivity contribution in [2.24, 2.45) is 0 Å². The largest absolute Gasteiger partial charge is 0.366 e. The molecule has 2 aromatic rings. The minimum atomic E-state index is -0.290. The number of aromatic nitrogens is 2. The molecule has 1 fully saturated rings. The van der Waals surface area contributed by atoms with Gasteiger partial charge in [-0.2, -0.15) is 0 Å². The molecule has 122 valence electrons. The van der Waals surface area contributed by atoms with Crippen molar-refractivity contribution in [3.05, 3.63) is 41.3 Å². The Labute approximate surface area is 136 Å². The second-order valence-electron chi connectivity index (χ2n) is 5.98. The smallest absolute Gasteiger partial charge is 0.164 e. The molecule has 0 spiro atoms. The van der Waals surface area contributed by atoms with E-state index in [-0.39, 0.29) is 5.82 Å². The average molecular weight is 314 g/mol. The third-order valence-electron chi connectivity index (χ3n) is 4.32. The zero-order valence-corrected chi connectivity index (χ0v) is 13.7. The molecule has 23 heavy (non-hydrogen) atoms. The second kappa shape index (κ2) is 7.04. The first kappa shape index (κ1) is 15.9. The summed E-state index contributed by atoms with van der Waals surface area (Å²) >= 11 is 0. The lowest BCUT2D eigenvalue weighted by Gasteiger charge is -2.26. The van der Waals surface area contributed by atoms with E-state index >= 15 is 0 Å². The molecule has 1 saturated heterocycles. The van der Waals surface area contributed by atoms with Gasteiger partial charge < -0.3 is 10.6 Å². The van der Waals surface area contributed by atoms with Gasteiger partial charge in [-0.25, -0.2) is 14.4 Å². The van der Waals surface area contributed by atoms with E-state index in [0.717, 1.165) is 49.4 Å². The first-order valence-electron chi connectivity index (χ1n) is 8.28. The summed E-state index contributed by atoms with van der Waals surface area (Å²) in [5.41, 5.74) is 2.46. The van der Waals surface area contributed by atoms with Gasteiger partial charge in [0.15, 0.2) is 5.82 Å². The van der Waals surface area contributed by atoms with Gasteiger partial charge in [0.2, 0.25) is 0 Å². The molecular formula is C18H23FN4. The van der Waals surface area contributed by atoms with Crippen molar-refractivity contribution in [2.45, 2.75) is 39.2 Å². The van der Waals surface area contributed by atoms with Gasteiger partial charge in [0, 0.05) is 23.8 Å². The molecule has 1 atom stereocenters. The summed E-state index contributed by atoms with van der Waals surface area (Å²) in [7, 11) is 0. The Morgan fingerprint density at radius 2 is 2.13 bits per heavy atom. The number of nitrogens with one attached hydrogen (secondary N) is 2. The third kappa shape index (κ3) is 3.50. The van der Waals surface area contributed by atoms with Crippen LogP contribution in [-0.4, -0.2) is 29.1 Å². The molecule has 0 bridgehead atoms. The molecule has 4 nitrogen and oxygen atoms in total. The highest BCUT2D eigenvalue weighted by molar-refractivity contribution is 5.60. The van der Waals surface area contributed by atoms with Crippen LogP contribution >= 0.6 is 0 Å². The summed E-state index contributed by atoms with van der Waals surface area (Å²) in [5, 5.41) is 6.93. The Hall–Kier alpha value is -2.01. The Morgan fingerprint density at radius 3 is 2.83 bits per heavy atom. The quantitative estimate of drug-likeness (QED) is 0.909. The van der Waals surface area contributed by atoms with Crippen LogP contribution in [0.15, 0.2) is 24.3 Å². The Morgan fingerprint density at radius 1 is 1.30 bits per heavy atom. The summed E-state index contributed by atoms with van der Waals surface area (Å²) in [6.45, 7) is 6.07. The van der Waals surface area contributed by atoms with E-state index in [0.29, 0.717) is 17.4 Å². The maximum atomic E-state index is 14.1. The van der Waals surface area contributed by atoms with Gasteiger partial charge in [0.25, 0.3) is 0 Å². The van der Waals surface area contributed by atoms with Crippen molar-refractivity contribution in [3.8, 4) is 11.4 Å². The average Bonchev–Trinajstić information content (AvgIpc) is 2.56. The van der Waals surface area contributed by atoms with Gasteiger partial charge in [-0.1, -0.05) is 19.1 Å². The second-order valence-corrected chi connectivity index (χ2v) is 5.98. The Kier molecular flexibility index (Phi) is 4.86. The monoisotopic (exact) mass is 314 g/mol. The number of rotatable bonds is 4. The first-order valence-corrected chi connectivity index (χ1v) is 8.28. The van der Waals surface area contributed by atoms with Crippen LogP contribution in [0.3, 0.4) is 0 Å². The van der Waals surface area contributed by atoms with Crippen LogP contribution in [-0.2, 0) is 6.42 Å². The molecule has 0 aliphatic carbocycles. The summed E-state index contributed by atoms with van der Waals surface area (Å²) in [5.74, 6) is 0.998. The number of hydrogen-bond donors (Lipinski definition) is 2. The zero-order chi connectivity index (χ0) is 16.2. The van der Waals surface area contributed by atoms with Gasteiger partial charge in [-0.05, 0) is 44.9 Å². The minimum absolute atomic E-state index is 0.290. The van der Waals surface area contributed by atoms with Crippen molar-refractivity contribution < 1.29 is 4.39 Å². The molecule has 5 heteroatoms. The van der Waals surface area contributed by atoms with Gasteiger partial charge in [-0.15, -0.1) is 0 Å². The number of aryl methyl sites for hydroxylation is 1. The highest BCUT2D eigenvalue weighted by Crippen LogP contribution is 2.25. The van der Waals surface area contributed by atoms with Gasteiger partial charge in [-0.3, -0.25) is 0 Å². The highest BCUT2D eigenvalue weighted by atomic mass is 19.1. The number of nitrogens with zero attached hydrogens (tertiary/aromatic N) is 2. The van der Waals surface area contributed by atoms with Crippen LogP contribution < -0.4 is 10.6 Å². The van der Waals surface area contributed by atoms with Gasteiger partial charge >= 0.3 is 0 Å². The van der Waals surface area contributed by atoms with E-state index < -0.39 is 0 Å². The molecule has 0 amide bonds. The number of piperidine rings is 1. The lowest BCUT2D eigenvalue weighted by atomic mass is 10.1. The molecule has 3 rings (SSSR count). The topological polar surface area (TPSA) is 49.8 Å². The van der Waals surface area contributed by atoms with Crippen molar-refractivity contribution in [2.75, 3.05) is 18.4 Å². The number of benzene rings is 1. The summed E-state index contributed by atoms with van der Waals surface area (Å²) in [6, 6.07) is 7.01. The molecule has 1 unspecified atom stereocenters. The van der Waals surface area contributed by atoms with Crippen molar-refractivity contribution >= 4 is 5.82 Å². The minimum Gasteiger partial charge on any atom is -0.366 e. The van der Waals surface area contributed by atoms with E-state index in [4.69, 9.17) is 0 Å². The van der Waals surface area contributed by atoms with E-state index in [1.54, 1.807) is 12.1 Å². The summed E-state index contributed by atoms with van der Waals surface area (Å²) in [6.07, 6.45) is 3.13. The zero-order valence-electron chi connectivity index (χ0n) is 13.7. The van der Waals surface area contributed by atoms with Crippen LogP contribution in [0.5, 0.6) is 0 Å². The Balaban J connectivity index is 1.98. The maximum absolute atomic E-state index is 14.1. The number of anilines is 1. The fraction of sp³-hybridized carbons (Fsp3) is 0.444. The van der Waals surface area contributed by atoms with Crippen LogP contribution in [0.25, 0.3) is 11.4 Å². The van der Waals surface area contributed by atoms with Crippen LogP contribution in [0.2, 0.25) is 0 Å². The van der Waals surface area contributed by atoms with Crippen LogP contribution in [0.1, 0.15) is 31.0 Å². The number of halogens is 1. The lowest BCUT2D eigenvalue weighted by Crippen LogP contribution is -2.39. The van der Waals surface area contributed by atoms with E-state index in [9.17, 15) is 4.39 Å². The molecule has 1 aliphatic rings. The van der Waals surface area contributed by atoms with E-state index in [1.807, 2.05) is 13.0 Å². The van der Waals surface area contributed by atoms with Crippen LogP contribution in [0.4, 0.5) is 10.2 Å². The predicted octanol–water partition coefficient (Wildman–Crippen LogP) is 3.32. The molecule has 2 heterocycles. The van der Waals surface area contributed by atoms with Gasteiger partial charge in [0.05, 0.1) is 5.56 Å².